The molecule has 1 saturated carbocycles. The normalized spacial score (nSPS) is 16.2. The molecule has 7 nitrogen and oxygen atoms in total. The Morgan fingerprint density at radius 2 is 1.93 bits per heavy atom. The van der Waals surface area contributed by atoms with E-state index in [1.165, 1.54) is 12.1 Å². The van der Waals surface area contributed by atoms with Crippen LogP contribution < -0.4 is 14.4 Å². The molecule has 0 N–H and O–H groups in total. The second kappa shape index (κ2) is 7.91. The summed E-state index contributed by atoms with van der Waals surface area (Å²) in [6.07, 6.45) is 2.11. The van der Waals surface area contributed by atoms with E-state index < -0.39 is 10.8 Å². The summed E-state index contributed by atoms with van der Waals surface area (Å²) in [7, 11) is 0. The fraction of sp³-hybridized carbons (Fsp3) is 0.381. The van der Waals surface area contributed by atoms with E-state index in [0.717, 1.165) is 18.4 Å². The lowest BCUT2D eigenvalue weighted by Crippen LogP contribution is -2.36. The van der Waals surface area contributed by atoms with Gasteiger partial charge in [-0.3, -0.25) is 14.9 Å². The van der Waals surface area contributed by atoms with E-state index in [-0.39, 0.29) is 16.6 Å². The number of nitrogens with zero attached hydrogens (tertiary/aromatic N) is 2. The highest BCUT2D eigenvalue weighted by molar-refractivity contribution is 6.32. The molecule has 1 amide bonds. The maximum atomic E-state index is 13.4. The van der Waals surface area contributed by atoms with Crippen molar-refractivity contribution in [3.8, 4) is 11.5 Å². The summed E-state index contributed by atoms with van der Waals surface area (Å²) in [5.74, 6) is 1.15. The van der Waals surface area contributed by atoms with E-state index in [1.807, 2.05) is 25.1 Å². The molecule has 2 aromatic rings. The van der Waals surface area contributed by atoms with Gasteiger partial charge in [0.2, 0.25) is 5.91 Å². The molecular weight excluding hydrogens is 396 g/mol. The van der Waals surface area contributed by atoms with E-state index in [1.54, 1.807) is 11.0 Å². The van der Waals surface area contributed by atoms with Crippen LogP contribution >= 0.6 is 11.6 Å². The molecule has 0 saturated heterocycles. The summed E-state index contributed by atoms with van der Waals surface area (Å²) in [5, 5.41) is 11.3. The molecule has 2 aromatic carbocycles. The van der Waals surface area contributed by atoms with Gasteiger partial charge < -0.3 is 14.4 Å². The number of amides is 1. The number of hydrogen-bond donors (Lipinski definition) is 0. The monoisotopic (exact) mass is 416 g/mol. The number of hydrogen-bond acceptors (Lipinski definition) is 5. The van der Waals surface area contributed by atoms with Gasteiger partial charge in [-0.2, -0.15) is 0 Å². The van der Waals surface area contributed by atoms with Crippen LogP contribution in [0.4, 0.5) is 11.4 Å². The van der Waals surface area contributed by atoms with E-state index in [0.29, 0.717) is 42.9 Å². The number of halogens is 1. The minimum absolute atomic E-state index is 0.0532. The molecule has 1 heterocycles. The van der Waals surface area contributed by atoms with Crippen LogP contribution in [0.15, 0.2) is 36.4 Å². The van der Waals surface area contributed by atoms with Gasteiger partial charge >= 0.3 is 0 Å². The summed E-state index contributed by atoms with van der Waals surface area (Å²) in [6.45, 7) is 3.34. The van der Waals surface area contributed by atoms with Gasteiger partial charge in [0.05, 0.1) is 16.5 Å². The van der Waals surface area contributed by atoms with Crippen molar-refractivity contribution >= 4 is 28.9 Å². The van der Waals surface area contributed by atoms with Gasteiger partial charge in [0.1, 0.15) is 18.2 Å². The van der Waals surface area contributed by atoms with Crippen LogP contribution in [-0.2, 0) is 4.79 Å². The predicted octanol–water partition coefficient (Wildman–Crippen LogP) is 4.57. The van der Waals surface area contributed by atoms with Crippen LogP contribution in [0.25, 0.3) is 0 Å². The minimum atomic E-state index is -0.532. The van der Waals surface area contributed by atoms with Crippen LogP contribution in [0, 0.1) is 16.0 Å². The Morgan fingerprint density at radius 3 is 2.62 bits per heavy atom. The van der Waals surface area contributed by atoms with Gasteiger partial charge in [-0.05, 0) is 55.5 Å². The molecule has 29 heavy (non-hydrogen) atoms. The molecule has 1 aliphatic heterocycles. The molecular formula is C21H21ClN2O5. The van der Waals surface area contributed by atoms with Gasteiger partial charge in [0.25, 0.3) is 5.69 Å². The number of carbonyl (C=O) groups is 1. The highest BCUT2D eigenvalue weighted by Crippen LogP contribution is 2.37. The van der Waals surface area contributed by atoms with Crippen molar-refractivity contribution in [1.82, 2.24) is 0 Å². The largest absolute Gasteiger partial charge is 0.486 e. The van der Waals surface area contributed by atoms with Crippen molar-refractivity contribution in [2.45, 2.75) is 25.7 Å². The zero-order valence-corrected chi connectivity index (χ0v) is 16.7. The maximum Gasteiger partial charge on any atom is 0.289 e. The minimum Gasteiger partial charge on any atom is -0.486 e. The van der Waals surface area contributed by atoms with Gasteiger partial charge in [-0.1, -0.05) is 17.7 Å². The summed E-state index contributed by atoms with van der Waals surface area (Å²) in [4.78, 5) is 25.8. The summed E-state index contributed by atoms with van der Waals surface area (Å²) >= 11 is 5.95. The summed E-state index contributed by atoms with van der Waals surface area (Å²) < 4.78 is 11.2. The van der Waals surface area contributed by atoms with Crippen molar-refractivity contribution < 1.29 is 19.2 Å². The first-order chi connectivity index (χ1) is 13.9. The number of nitro benzene ring substituents is 1. The highest BCUT2D eigenvalue weighted by Gasteiger charge is 2.32. The summed E-state index contributed by atoms with van der Waals surface area (Å²) in [6, 6.07) is 10.0. The molecule has 1 atom stereocenters. The Balaban J connectivity index is 1.64. The van der Waals surface area contributed by atoms with Crippen LogP contribution in [0.2, 0.25) is 5.02 Å². The first kappa shape index (κ1) is 19.5. The van der Waals surface area contributed by atoms with Crippen molar-refractivity contribution in [3.05, 3.63) is 57.1 Å². The lowest BCUT2D eigenvalue weighted by molar-refractivity contribution is -0.384. The third-order valence-corrected chi connectivity index (χ3v) is 5.60. The fourth-order valence-electron chi connectivity index (χ4n) is 3.40. The first-order valence-electron chi connectivity index (χ1n) is 9.59. The number of nitro groups is 1. The predicted molar refractivity (Wildman–Crippen MR) is 109 cm³/mol. The van der Waals surface area contributed by atoms with Gasteiger partial charge in [0, 0.05) is 12.6 Å². The van der Waals surface area contributed by atoms with Crippen molar-refractivity contribution in [3.63, 3.8) is 0 Å². The molecule has 0 radical (unpaired) electrons. The van der Waals surface area contributed by atoms with Crippen molar-refractivity contribution in [2.24, 2.45) is 5.92 Å². The van der Waals surface area contributed by atoms with Crippen molar-refractivity contribution in [1.29, 1.82) is 0 Å². The first-order valence-corrected chi connectivity index (χ1v) is 9.96. The number of anilines is 1. The molecule has 1 aliphatic carbocycles. The molecule has 2 aliphatic rings. The molecule has 1 fully saturated rings. The number of ether oxygens (including phenoxy) is 2. The van der Waals surface area contributed by atoms with Gasteiger partial charge in [0.15, 0.2) is 11.5 Å². The molecule has 1 unspecified atom stereocenters. The van der Waals surface area contributed by atoms with Crippen LogP contribution in [0.1, 0.15) is 31.2 Å². The Labute approximate surface area is 173 Å². The van der Waals surface area contributed by atoms with E-state index in [2.05, 4.69) is 0 Å². The Kier molecular flexibility index (Phi) is 5.32. The average Bonchev–Trinajstić information content (AvgIpc) is 3.55. The zero-order chi connectivity index (χ0) is 20.5. The molecule has 0 aromatic heterocycles. The number of carbonyl (C=O) groups excluding carboxylic acids is 1. The van der Waals surface area contributed by atoms with Crippen LogP contribution in [0.3, 0.4) is 0 Å². The van der Waals surface area contributed by atoms with E-state index >= 15 is 0 Å². The van der Waals surface area contributed by atoms with Crippen LogP contribution in [-0.4, -0.2) is 30.6 Å². The Bertz CT molecular complexity index is 960. The molecule has 0 bridgehead atoms. The van der Waals surface area contributed by atoms with Gasteiger partial charge in [-0.15, -0.1) is 0 Å². The third-order valence-electron chi connectivity index (χ3n) is 5.28. The average molecular weight is 417 g/mol. The number of benzene rings is 2. The molecule has 152 valence electrons. The topological polar surface area (TPSA) is 81.9 Å². The summed E-state index contributed by atoms with van der Waals surface area (Å²) in [5.41, 5.74) is 1.09. The lowest BCUT2D eigenvalue weighted by atomic mass is 9.98. The van der Waals surface area contributed by atoms with E-state index in [4.69, 9.17) is 21.1 Å². The molecule has 4 rings (SSSR count). The standard InChI is InChI=1S/C21H21ClN2O5/c1-13(15-4-7-19-20(10-15)29-9-8-28-19)21(25)23(12-14-2-3-14)16-5-6-17(22)18(11-16)24(26)27/h4-7,10-11,13-14H,2-3,8-9,12H2,1H3. The smallest absolute Gasteiger partial charge is 0.289 e. The Morgan fingerprint density at radius 1 is 1.21 bits per heavy atom. The zero-order valence-electron chi connectivity index (χ0n) is 16.0. The third kappa shape index (κ3) is 4.15. The Hall–Kier alpha value is -2.80. The molecule has 0 spiro atoms. The second-order valence-electron chi connectivity index (χ2n) is 7.41. The molecule has 8 heteroatoms. The second-order valence-corrected chi connectivity index (χ2v) is 7.82. The van der Waals surface area contributed by atoms with E-state index in [9.17, 15) is 14.9 Å². The maximum absolute atomic E-state index is 13.4. The quantitative estimate of drug-likeness (QED) is 0.509. The number of rotatable bonds is 6. The van der Waals surface area contributed by atoms with Crippen molar-refractivity contribution in [2.75, 3.05) is 24.7 Å². The van der Waals surface area contributed by atoms with Crippen LogP contribution in [0.5, 0.6) is 11.5 Å². The highest BCUT2D eigenvalue weighted by atomic mass is 35.5. The fourth-order valence-corrected chi connectivity index (χ4v) is 3.58. The lowest BCUT2D eigenvalue weighted by Gasteiger charge is -2.27. The van der Waals surface area contributed by atoms with Gasteiger partial charge in [-0.25, -0.2) is 0 Å². The SMILES string of the molecule is CC(C(=O)N(CC1CC1)c1ccc(Cl)c([N+](=O)[O-])c1)c1ccc2c(c1)OCCO2. The number of fused-ring (bicyclic) bond motifs is 1.